The second kappa shape index (κ2) is 7.96. The van der Waals surface area contributed by atoms with E-state index in [0.29, 0.717) is 6.54 Å². The molecule has 2 aromatic heterocycles. The maximum Gasteiger partial charge on any atom is 0.119 e. The van der Waals surface area contributed by atoms with E-state index in [9.17, 15) is 5.11 Å². The zero-order valence-electron chi connectivity index (χ0n) is 14.7. The van der Waals surface area contributed by atoms with Crippen molar-refractivity contribution < 1.29 is 9.84 Å². The van der Waals surface area contributed by atoms with Gasteiger partial charge in [-0.05, 0) is 41.3 Å². The van der Waals surface area contributed by atoms with Crippen molar-refractivity contribution in [2.45, 2.75) is 6.10 Å². The predicted molar refractivity (Wildman–Crippen MR) is 110 cm³/mol. The highest BCUT2D eigenvalue weighted by Gasteiger charge is 2.20. The molecule has 0 amide bonds. The van der Waals surface area contributed by atoms with Crippen LogP contribution in [-0.2, 0) is 0 Å². The third kappa shape index (κ3) is 3.74. The highest BCUT2D eigenvalue weighted by molar-refractivity contribution is 7.99. The standard InChI is InChI=1S/C20H22N2O2S2/c1-24-14-4-5-17-15(11-14)16(12-18(21-17)20-3-2-8-26-20)19(23)13-22-6-9-25-10-7-22/h2-5,8,11-12,19,23H,6-7,9-10,13H2,1H3/t19-/m1/s1. The van der Waals surface area contributed by atoms with Gasteiger partial charge in [0.1, 0.15) is 5.75 Å². The van der Waals surface area contributed by atoms with E-state index in [-0.39, 0.29) is 0 Å². The number of β-amino-alcohol motifs (C(OH)–C–C–N with tert-alkyl or cyclic N) is 1. The van der Waals surface area contributed by atoms with E-state index >= 15 is 0 Å². The molecule has 1 fully saturated rings. The van der Waals surface area contributed by atoms with Gasteiger partial charge in [0.05, 0.1) is 29.3 Å². The number of ether oxygens (including phenoxy) is 1. The average molecular weight is 387 g/mol. The third-order valence-electron chi connectivity index (χ3n) is 4.72. The van der Waals surface area contributed by atoms with Crippen LogP contribution in [0.3, 0.4) is 0 Å². The van der Waals surface area contributed by atoms with E-state index in [1.807, 2.05) is 42.1 Å². The van der Waals surface area contributed by atoms with Crippen LogP contribution in [0, 0.1) is 0 Å². The number of aliphatic hydroxyl groups excluding tert-OH is 1. The molecule has 1 N–H and O–H groups in total. The topological polar surface area (TPSA) is 45.6 Å². The molecule has 4 nitrogen and oxygen atoms in total. The van der Waals surface area contributed by atoms with Crippen LogP contribution < -0.4 is 4.74 Å². The SMILES string of the molecule is COc1ccc2nc(-c3cccs3)cc([C@H](O)CN3CCSCC3)c2c1. The predicted octanol–water partition coefficient (Wildman–Crippen LogP) is 4.05. The molecule has 0 spiro atoms. The lowest BCUT2D eigenvalue weighted by Crippen LogP contribution is -2.35. The molecule has 1 atom stereocenters. The molecular formula is C20H22N2O2S2. The van der Waals surface area contributed by atoms with Crippen molar-refractivity contribution in [2.24, 2.45) is 0 Å². The van der Waals surface area contributed by atoms with E-state index in [0.717, 1.165) is 57.4 Å². The summed E-state index contributed by atoms with van der Waals surface area (Å²) in [5, 5.41) is 14.1. The number of rotatable bonds is 5. The van der Waals surface area contributed by atoms with Crippen LogP contribution >= 0.6 is 23.1 Å². The maximum absolute atomic E-state index is 11.0. The van der Waals surface area contributed by atoms with Crippen LogP contribution in [0.1, 0.15) is 11.7 Å². The summed E-state index contributed by atoms with van der Waals surface area (Å²) in [4.78, 5) is 8.27. The Labute approximate surface area is 161 Å². The van der Waals surface area contributed by atoms with Gasteiger partial charge in [-0.3, -0.25) is 4.90 Å². The Bertz CT molecular complexity index is 877. The zero-order valence-corrected chi connectivity index (χ0v) is 16.4. The number of aliphatic hydroxyl groups is 1. The van der Waals surface area contributed by atoms with Gasteiger partial charge in [-0.25, -0.2) is 4.98 Å². The van der Waals surface area contributed by atoms with Gasteiger partial charge in [-0.15, -0.1) is 11.3 Å². The molecule has 26 heavy (non-hydrogen) atoms. The molecular weight excluding hydrogens is 364 g/mol. The largest absolute Gasteiger partial charge is 0.497 e. The first-order valence-electron chi connectivity index (χ1n) is 8.75. The first kappa shape index (κ1) is 17.8. The Balaban J connectivity index is 1.76. The number of thiophene rings is 1. The lowest BCUT2D eigenvalue weighted by Gasteiger charge is -2.28. The summed E-state index contributed by atoms with van der Waals surface area (Å²) in [6, 6.07) is 12.0. The molecule has 1 aliphatic rings. The van der Waals surface area contributed by atoms with Crippen molar-refractivity contribution in [3.05, 3.63) is 47.3 Å². The summed E-state index contributed by atoms with van der Waals surface area (Å²) in [5.41, 5.74) is 2.73. The number of hydrogen-bond acceptors (Lipinski definition) is 6. The van der Waals surface area contributed by atoms with E-state index in [1.54, 1.807) is 18.4 Å². The normalized spacial score (nSPS) is 16.7. The minimum Gasteiger partial charge on any atom is -0.497 e. The first-order valence-corrected chi connectivity index (χ1v) is 10.8. The molecule has 1 aromatic carbocycles. The fourth-order valence-corrected chi connectivity index (χ4v) is 4.98. The van der Waals surface area contributed by atoms with E-state index < -0.39 is 6.10 Å². The Hall–Kier alpha value is -1.60. The second-order valence-electron chi connectivity index (χ2n) is 6.39. The maximum atomic E-state index is 11.0. The van der Waals surface area contributed by atoms with Gasteiger partial charge in [0.25, 0.3) is 0 Å². The summed E-state index contributed by atoms with van der Waals surface area (Å²) in [6.45, 7) is 2.72. The second-order valence-corrected chi connectivity index (χ2v) is 8.56. The molecule has 1 saturated heterocycles. The van der Waals surface area contributed by atoms with Crippen molar-refractivity contribution in [1.29, 1.82) is 0 Å². The van der Waals surface area contributed by atoms with Gasteiger partial charge in [0, 0.05) is 36.5 Å². The van der Waals surface area contributed by atoms with Crippen LogP contribution in [-0.4, -0.2) is 53.2 Å². The van der Waals surface area contributed by atoms with E-state index in [1.165, 1.54) is 0 Å². The molecule has 4 rings (SSSR count). The number of methoxy groups -OCH3 is 1. The number of pyridine rings is 1. The summed E-state index contributed by atoms with van der Waals surface area (Å²) < 4.78 is 5.39. The number of hydrogen-bond donors (Lipinski definition) is 1. The van der Waals surface area contributed by atoms with Gasteiger partial charge in [-0.1, -0.05) is 6.07 Å². The van der Waals surface area contributed by atoms with Crippen LogP contribution in [0.2, 0.25) is 0 Å². The summed E-state index contributed by atoms with van der Waals surface area (Å²) in [7, 11) is 1.66. The van der Waals surface area contributed by atoms with Crippen molar-refractivity contribution in [1.82, 2.24) is 9.88 Å². The fraction of sp³-hybridized carbons (Fsp3) is 0.350. The molecule has 0 unspecified atom stereocenters. The van der Waals surface area contributed by atoms with Gasteiger partial charge < -0.3 is 9.84 Å². The minimum atomic E-state index is -0.547. The number of aromatic nitrogens is 1. The highest BCUT2D eigenvalue weighted by atomic mass is 32.2. The average Bonchev–Trinajstić information content (AvgIpc) is 3.22. The van der Waals surface area contributed by atoms with Crippen molar-refractivity contribution in [3.8, 4) is 16.3 Å². The Morgan fingerprint density at radius 2 is 2.08 bits per heavy atom. The van der Waals surface area contributed by atoms with Crippen LogP contribution in [0.15, 0.2) is 41.8 Å². The number of benzene rings is 1. The third-order valence-corrected chi connectivity index (χ3v) is 6.55. The van der Waals surface area contributed by atoms with Crippen molar-refractivity contribution in [3.63, 3.8) is 0 Å². The summed E-state index contributed by atoms with van der Waals surface area (Å²) >= 11 is 3.65. The van der Waals surface area contributed by atoms with Crippen molar-refractivity contribution in [2.75, 3.05) is 38.2 Å². The van der Waals surface area contributed by atoms with Crippen molar-refractivity contribution >= 4 is 34.0 Å². The Kier molecular flexibility index (Phi) is 5.45. The number of fused-ring (bicyclic) bond motifs is 1. The lowest BCUT2D eigenvalue weighted by atomic mass is 10.0. The van der Waals surface area contributed by atoms with Crippen LogP contribution in [0.25, 0.3) is 21.5 Å². The first-order chi connectivity index (χ1) is 12.7. The zero-order chi connectivity index (χ0) is 17.9. The Morgan fingerprint density at radius 1 is 1.23 bits per heavy atom. The van der Waals surface area contributed by atoms with Crippen LogP contribution in [0.4, 0.5) is 0 Å². The highest BCUT2D eigenvalue weighted by Crippen LogP contribution is 2.33. The van der Waals surface area contributed by atoms with Crippen LogP contribution in [0.5, 0.6) is 5.75 Å². The van der Waals surface area contributed by atoms with Gasteiger partial charge in [0.2, 0.25) is 0 Å². The minimum absolute atomic E-state index is 0.547. The summed E-state index contributed by atoms with van der Waals surface area (Å²) in [5.74, 6) is 3.06. The van der Waals surface area contributed by atoms with Gasteiger partial charge >= 0.3 is 0 Å². The molecule has 3 aromatic rings. The fourth-order valence-electron chi connectivity index (χ4n) is 3.31. The monoisotopic (exact) mass is 386 g/mol. The molecule has 1 aliphatic heterocycles. The molecule has 3 heterocycles. The smallest absolute Gasteiger partial charge is 0.119 e. The van der Waals surface area contributed by atoms with Gasteiger partial charge in [-0.2, -0.15) is 11.8 Å². The van der Waals surface area contributed by atoms with E-state index in [2.05, 4.69) is 16.3 Å². The van der Waals surface area contributed by atoms with Gasteiger partial charge in [0.15, 0.2) is 0 Å². The molecule has 0 aliphatic carbocycles. The number of thioether (sulfide) groups is 1. The summed E-state index contributed by atoms with van der Waals surface area (Å²) in [6.07, 6.45) is -0.547. The Morgan fingerprint density at radius 3 is 2.81 bits per heavy atom. The molecule has 0 saturated carbocycles. The lowest BCUT2D eigenvalue weighted by molar-refractivity contribution is 0.120. The molecule has 0 bridgehead atoms. The quantitative estimate of drug-likeness (QED) is 0.717. The number of nitrogens with zero attached hydrogens (tertiary/aromatic N) is 2. The van der Waals surface area contributed by atoms with E-state index in [4.69, 9.17) is 9.72 Å². The molecule has 136 valence electrons. The molecule has 6 heteroatoms. The molecule has 0 radical (unpaired) electrons.